The summed E-state index contributed by atoms with van der Waals surface area (Å²) in [7, 11) is -3.11. The van der Waals surface area contributed by atoms with E-state index in [1.165, 1.54) is 30.7 Å². The normalized spacial score (nSPS) is 14.6. The molecule has 0 aliphatic rings. The topological polar surface area (TPSA) is 199 Å². The second-order valence-corrected chi connectivity index (χ2v) is 11.8. The zero-order valence-electron chi connectivity index (χ0n) is 21.6. The lowest BCUT2D eigenvalue weighted by atomic mass is 9.84. The highest BCUT2D eigenvalue weighted by atomic mass is 32.2. The van der Waals surface area contributed by atoms with Crippen LogP contribution in [0.25, 0.3) is 10.9 Å². The van der Waals surface area contributed by atoms with Crippen molar-refractivity contribution in [1.82, 2.24) is 30.8 Å². The molecular formula is C23H34N6O7S. The number of nitrogens with one attached hydrogen (secondary N) is 5. The number of H-pyrrole nitrogens is 1. The Balaban J connectivity index is 2.56. The Morgan fingerprint density at radius 1 is 1.11 bits per heavy atom. The van der Waals surface area contributed by atoms with Crippen molar-refractivity contribution in [2.75, 3.05) is 7.05 Å². The van der Waals surface area contributed by atoms with Gasteiger partial charge in [0.25, 0.3) is 11.5 Å². The van der Waals surface area contributed by atoms with Gasteiger partial charge in [-0.15, -0.1) is 0 Å². The summed E-state index contributed by atoms with van der Waals surface area (Å²) in [5.41, 5.74) is 0.00209. The Labute approximate surface area is 214 Å². The minimum absolute atomic E-state index is 0.00334. The predicted octanol–water partition coefficient (Wildman–Crippen LogP) is 0.0146. The van der Waals surface area contributed by atoms with Crippen molar-refractivity contribution in [1.29, 1.82) is 0 Å². The van der Waals surface area contributed by atoms with Gasteiger partial charge in [0.15, 0.2) is 0 Å². The van der Waals surface area contributed by atoms with Crippen molar-refractivity contribution < 1.29 is 28.0 Å². The maximum Gasteiger partial charge on any atom is 0.280 e. The summed E-state index contributed by atoms with van der Waals surface area (Å²) in [6.45, 7) is 8.75. The van der Waals surface area contributed by atoms with Crippen LogP contribution in [-0.2, 0) is 24.4 Å². The molecule has 2 aromatic rings. The molecule has 3 amide bonds. The van der Waals surface area contributed by atoms with Gasteiger partial charge in [-0.3, -0.25) is 24.4 Å². The van der Waals surface area contributed by atoms with E-state index in [2.05, 4.69) is 25.3 Å². The molecule has 3 atom stereocenters. The summed E-state index contributed by atoms with van der Waals surface area (Å²) in [6.07, 6.45) is 1.08. The molecule has 204 valence electrons. The monoisotopic (exact) mass is 538 g/mol. The van der Waals surface area contributed by atoms with Gasteiger partial charge >= 0.3 is 0 Å². The predicted molar refractivity (Wildman–Crippen MR) is 135 cm³/mol. The third kappa shape index (κ3) is 7.11. The number of amides is 3. The molecule has 0 saturated heterocycles. The van der Waals surface area contributed by atoms with Crippen LogP contribution in [0.15, 0.2) is 34.2 Å². The van der Waals surface area contributed by atoms with E-state index >= 15 is 0 Å². The third-order valence-electron chi connectivity index (χ3n) is 5.74. The van der Waals surface area contributed by atoms with Crippen LogP contribution >= 0.6 is 0 Å². The van der Waals surface area contributed by atoms with Crippen LogP contribution in [0.4, 0.5) is 0 Å². The third-order valence-corrected chi connectivity index (χ3v) is 7.22. The second kappa shape index (κ2) is 11.8. The first-order chi connectivity index (χ1) is 17.1. The van der Waals surface area contributed by atoms with Crippen LogP contribution in [0, 0.1) is 17.3 Å². The number of sulfonamides is 1. The Morgan fingerprint density at radius 3 is 2.30 bits per heavy atom. The lowest BCUT2D eigenvalue weighted by Gasteiger charge is -2.33. The number of hydroxylamine groups is 1. The summed E-state index contributed by atoms with van der Waals surface area (Å²) >= 11 is 0. The van der Waals surface area contributed by atoms with Gasteiger partial charge in [0.1, 0.15) is 17.0 Å². The number of fused-ring (bicyclic) bond motifs is 1. The van der Waals surface area contributed by atoms with E-state index in [4.69, 9.17) is 0 Å². The van der Waals surface area contributed by atoms with Gasteiger partial charge < -0.3 is 15.6 Å². The molecule has 13 nitrogen and oxygen atoms in total. The summed E-state index contributed by atoms with van der Waals surface area (Å²) in [4.78, 5) is 56.6. The molecule has 1 aromatic carbocycles. The number of carbonyl (C=O) groups excluding carboxylic acids is 3. The highest BCUT2D eigenvalue weighted by Gasteiger charge is 2.41. The van der Waals surface area contributed by atoms with E-state index < -0.39 is 56.7 Å². The van der Waals surface area contributed by atoms with Crippen molar-refractivity contribution in [2.45, 2.75) is 58.0 Å². The first-order valence-electron chi connectivity index (χ1n) is 11.6. The van der Waals surface area contributed by atoms with Crippen molar-refractivity contribution in [2.24, 2.45) is 17.3 Å². The van der Waals surface area contributed by atoms with Crippen LogP contribution in [0.2, 0.25) is 0 Å². The summed E-state index contributed by atoms with van der Waals surface area (Å²) in [5, 5.41) is 14.5. The quantitative estimate of drug-likeness (QED) is 0.179. The number of para-hydroxylation sites is 1. The fraction of sp³-hybridized carbons (Fsp3) is 0.522. The molecule has 2 rings (SSSR count). The first-order valence-corrected chi connectivity index (χ1v) is 13.1. The van der Waals surface area contributed by atoms with E-state index in [1.807, 2.05) is 0 Å². The van der Waals surface area contributed by atoms with E-state index in [-0.39, 0.29) is 28.1 Å². The molecular weight excluding hydrogens is 504 g/mol. The molecule has 1 aromatic heterocycles. The number of aromatic amines is 1. The number of carbonyl (C=O) groups is 3. The number of hydrogen-bond donors (Lipinski definition) is 6. The molecule has 0 saturated carbocycles. The Bertz CT molecular complexity index is 1320. The minimum atomic E-state index is -4.53. The fourth-order valence-corrected chi connectivity index (χ4v) is 5.32. The maximum atomic E-state index is 13.5. The van der Waals surface area contributed by atoms with Crippen molar-refractivity contribution in [3.05, 3.63) is 34.9 Å². The maximum absolute atomic E-state index is 13.5. The average molecular weight is 539 g/mol. The number of rotatable bonds is 10. The van der Waals surface area contributed by atoms with Gasteiger partial charge in [-0.05, 0) is 29.9 Å². The fourth-order valence-electron chi connectivity index (χ4n) is 3.90. The summed E-state index contributed by atoms with van der Waals surface area (Å²) < 4.78 is 29.1. The van der Waals surface area contributed by atoms with Gasteiger partial charge in [-0.1, -0.05) is 40.7 Å². The van der Waals surface area contributed by atoms with Crippen molar-refractivity contribution in [3.63, 3.8) is 0 Å². The van der Waals surface area contributed by atoms with Crippen LogP contribution in [-0.4, -0.2) is 60.4 Å². The van der Waals surface area contributed by atoms with Crippen molar-refractivity contribution >= 4 is 38.6 Å². The second-order valence-electron chi connectivity index (χ2n) is 10.1. The first kappa shape index (κ1) is 29.9. The lowest BCUT2D eigenvalue weighted by molar-refractivity contribution is -0.139. The lowest BCUT2D eigenvalue weighted by Crippen LogP contribution is -2.59. The SMILES string of the molecule is CNC(=O)[C@H](NC(=O)C(CC(C)C)C(NS(=O)(=O)c1cccc2c(=O)nc[nH]c12)C(=O)NO)C(C)(C)C. The van der Waals surface area contributed by atoms with E-state index in [0.717, 1.165) is 6.33 Å². The van der Waals surface area contributed by atoms with Gasteiger partial charge in [-0.2, -0.15) is 9.71 Å². The van der Waals surface area contributed by atoms with E-state index in [9.17, 15) is 32.8 Å². The zero-order valence-corrected chi connectivity index (χ0v) is 22.4. The highest BCUT2D eigenvalue weighted by Crippen LogP contribution is 2.24. The highest BCUT2D eigenvalue weighted by molar-refractivity contribution is 7.89. The summed E-state index contributed by atoms with van der Waals surface area (Å²) in [5.74, 6) is -3.90. The molecule has 14 heteroatoms. The van der Waals surface area contributed by atoms with Crippen molar-refractivity contribution in [3.8, 4) is 0 Å². The molecule has 37 heavy (non-hydrogen) atoms. The van der Waals surface area contributed by atoms with Gasteiger partial charge in [-0.25, -0.2) is 13.9 Å². The Morgan fingerprint density at radius 2 is 1.76 bits per heavy atom. The van der Waals surface area contributed by atoms with Crippen LogP contribution in [0.3, 0.4) is 0 Å². The molecule has 0 aliphatic heterocycles. The van der Waals surface area contributed by atoms with Crippen LogP contribution in [0.1, 0.15) is 41.0 Å². The van der Waals surface area contributed by atoms with Crippen LogP contribution < -0.4 is 26.4 Å². The molecule has 0 spiro atoms. The molecule has 0 radical (unpaired) electrons. The van der Waals surface area contributed by atoms with E-state index in [0.29, 0.717) is 0 Å². The number of benzene rings is 1. The van der Waals surface area contributed by atoms with Gasteiger partial charge in [0.2, 0.25) is 21.8 Å². The molecule has 0 bridgehead atoms. The van der Waals surface area contributed by atoms with Gasteiger partial charge in [0, 0.05) is 7.05 Å². The number of nitrogens with zero attached hydrogens (tertiary/aromatic N) is 1. The average Bonchev–Trinajstić information content (AvgIpc) is 2.82. The zero-order chi connectivity index (χ0) is 28.1. The largest absolute Gasteiger partial charge is 0.357 e. The molecule has 6 N–H and O–H groups in total. The summed E-state index contributed by atoms with van der Waals surface area (Å²) in [6, 6.07) is 1.19. The minimum Gasteiger partial charge on any atom is -0.357 e. The molecule has 0 fully saturated rings. The Kier molecular flexibility index (Phi) is 9.52. The van der Waals surface area contributed by atoms with Gasteiger partial charge in [0.05, 0.1) is 23.1 Å². The molecule has 1 heterocycles. The standard InChI is InChI=1S/C23H34N6O7S/c1-12(2)10-14(20(31)27-18(22(33)24-6)23(3,4)5)17(21(32)28-34)29-37(35,36)15-9-7-8-13-16(15)25-11-26-19(13)30/h7-9,11-12,14,17-18,29,34H,10H2,1-6H3,(H,24,33)(H,27,31)(H,28,32)(H,25,26,30)/t14?,17?,18-/m0/s1. The number of hydrogen-bond acceptors (Lipinski definition) is 8. The molecule has 2 unspecified atom stereocenters. The smallest absolute Gasteiger partial charge is 0.280 e. The Hall–Kier alpha value is -3.36. The van der Waals surface area contributed by atoms with E-state index in [1.54, 1.807) is 34.6 Å². The number of likely N-dealkylation sites (N-methyl/N-ethyl adjacent to an activating group) is 1. The number of aromatic nitrogens is 2. The van der Waals surface area contributed by atoms with Crippen LogP contribution in [0.5, 0.6) is 0 Å². The molecule has 0 aliphatic carbocycles.